The molecule has 3 aromatic rings. The SMILES string of the molecule is COc1cc(/C=N\NC(=O)COc2ccc(C#N)cc2)ccc1OCC(=O)Nc1c(C)cc(C)cc1C. The third-order valence-corrected chi connectivity index (χ3v) is 5.24. The fourth-order valence-electron chi connectivity index (χ4n) is 3.57. The largest absolute Gasteiger partial charge is 0.493 e. The summed E-state index contributed by atoms with van der Waals surface area (Å²) in [7, 11) is 1.49. The lowest BCUT2D eigenvalue weighted by Crippen LogP contribution is -2.24. The second-order valence-corrected chi connectivity index (χ2v) is 8.24. The van der Waals surface area contributed by atoms with Crippen molar-refractivity contribution in [1.29, 1.82) is 5.26 Å². The number of anilines is 1. The van der Waals surface area contributed by atoms with Crippen molar-refractivity contribution in [3.8, 4) is 23.3 Å². The van der Waals surface area contributed by atoms with E-state index in [2.05, 4.69) is 15.8 Å². The van der Waals surface area contributed by atoms with Crippen molar-refractivity contribution in [2.45, 2.75) is 20.8 Å². The summed E-state index contributed by atoms with van der Waals surface area (Å²) in [5.41, 5.74) is 7.41. The van der Waals surface area contributed by atoms with E-state index >= 15 is 0 Å². The van der Waals surface area contributed by atoms with E-state index in [1.54, 1.807) is 42.5 Å². The minimum atomic E-state index is -0.447. The number of nitrogens with zero attached hydrogens (tertiary/aromatic N) is 2. The van der Waals surface area contributed by atoms with E-state index in [1.807, 2.05) is 39.0 Å². The summed E-state index contributed by atoms with van der Waals surface area (Å²) in [6.45, 7) is 5.49. The van der Waals surface area contributed by atoms with E-state index in [-0.39, 0.29) is 19.1 Å². The number of ether oxygens (including phenoxy) is 3. The molecule has 37 heavy (non-hydrogen) atoms. The Morgan fingerprint density at radius 1 is 0.919 bits per heavy atom. The molecule has 0 spiro atoms. The lowest BCUT2D eigenvalue weighted by molar-refractivity contribution is -0.123. The van der Waals surface area contributed by atoms with Crippen molar-refractivity contribution in [1.82, 2.24) is 5.43 Å². The molecule has 0 bridgehead atoms. The van der Waals surface area contributed by atoms with Crippen LogP contribution in [-0.4, -0.2) is 38.4 Å². The van der Waals surface area contributed by atoms with Gasteiger partial charge in [-0.3, -0.25) is 9.59 Å². The zero-order valence-electron chi connectivity index (χ0n) is 21.1. The molecule has 0 atom stereocenters. The Labute approximate surface area is 215 Å². The number of carbonyl (C=O) groups excluding carboxylic acids is 2. The van der Waals surface area contributed by atoms with Crippen LogP contribution in [0.2, 0.25) is 0 Å². The summed E-state index contributed by atoms with van der Waals surface area (Å²) < 4.78 is 16.4. The molecule has 0 aliphatic rings. The van der Waals surface area contributed by atoms with Crippen LogP contribution < -0.4 is 25.0 Å². The standard InChI is InChI=1S/C28H28N4O5/c1-18-11-19(2)28(20(3)12-18)31-26(33)16-37-24-10-7-22(13-25(24)35-4)15-30-32-27(34)17-36-23-8-5-21(14-29)6-9-23/h5-13,15H,16-17H2,1-4H3,(H,31,33)(H,32,34)/b30-15-. The number of carbonyl (C=O) groups is 2. The number of hydrazone groups is 1. The Bertz CT molecular complexity index is 1320. The minimum absolute atomic E-state index is 0.189. The van der Waals surface area contributed by atoms with Gasteiger partial charge in [0.2, 0.25) is 0 Å². The van der Waals surface area contributed by atoms with Crippen LogP contribution in [0.15, 0.2) is 59.7 Å². The highest BCUT2D eigenvalue weighted by Crippen LogP contribution is 2.28. The molecule has 0 fully saturated rings. The molecule has 0 aliphatic carbocycles. The van der Waals surface area contributed by atoms with Gasteiger partial charge in [0.15, 0.2) is 24.7 Å². The van der Waals surface area contributed by atoms with Crippen LogP contribution in [0.5, 0.6) is 17.2 Å². The van der Waals surface area contributed by atoms with E-state index < -0.39 is 5.91 Å². The number of benzene rings is 3. The third kappa shape index (κ3) is 7.83. The second-order valence-electron chi connectivity index (χ2n) is 8.24. The first-order valence-corrected chi connectivity index (χ1v) is 11.4. The molecule has 0 saturated heterocycles. The van der Waals surface area contributed by atoms with Gasteiger partial charge >= 0.3 is 0 Å². The Kier molecular flexibility index (Phi) is 9.22. The van der Waals surface area contributed by atoms with Gasteiger partial charge in [-0.2, -0.15) is 10.4 Å². The lowest BCUT2D eigenvalue weighted by atomic mass is 10.1. The summed E-state index contributed by atoms with van der Waals surface area (Å²) >= 11 is 0. The lowest BCUT2D eigenvalue weighted by Gasteiger charge is -2.14. The van der Waals surface area contributed by atoms with Gasteiger partial charge in [0.1, 0.15) is 5.75 Å². The molecule has 2 amide bonds. The number of nitrogens with one attached hydrogen (secondary N) is 2. The molecular formula is C28H28N4O5. The summed E-state index contributed by atoms with van der Waals surface area (Å²) in [5.74, 6) is 0.546. The average Bonchev–Trinajstić information content (AvgIpc) is 2.88. The summed E-state index contributed by atoms with van der Waals surface area (Å²) in [4.78, 5) is 24.4. The van der Waals surface area contributed by atoms with Gasteiger partial charge in [-0.1, -0.05) is 17.7 Å². The van der Waals surface area contributed by atoms with E-state index in [1.165, 1.54) is 13.3 Å². The molecule has 9 heteroatoms. The molecule has 3 rings (SSSR count). The van der Waals surface area contributed by atoms with Gasteiger partial charge < -0.3 is 19.5 Å². The van der Waals surface area contributed by atoms with Gasteiger partial charge in [0.05, 0.1) is 25.0 Å². The van der Waals surface area contributed by atoms with Crippen LogP contribution in [0.1, 0.15) is 27.8 Å². The highest BCUT2D eigenvalue weighted by atomic mass is 16.5. The van der Waals surface area contributed by atoms with Gasteiger partial charge in [0.25, 0.3) is 11.8 Å². The highest BCUT2D eigenvalue weighted by Gasteiger charge is 2.11. The van der Waals surface area contributed by atoms with Gasteiger partial charge in [-0.15, -0.1) is 0 Å². The van der Waals surface area contributed by atoms with Crippen molar-refractivity contribution in [2.24, 2.45) is 5.10 Å². The number of methoxy groups -OCH3 is 1. The maximum Gasteiger partial charge on any atom is 0.277 e. The number of amides is 2. The smallest absolute Gasteiger partial charge is 0.277 e. The molecule has 0 aliphatic heterocycles. The first-order chi connectivity index (χ1) is 17.8. The fraction of sp³-hybridized carbons (Fsp3) is 0.214. The minimum Gasteiger partial charge on any atom is -0.493 e. The summed E-state index contributed by atoms with van der Waals surface area (Å²) in [5, 5.41) is 15.6. The van der Waals surface area contributed by atoms with E-state index in [9.17, 15) is 9.59 Å². The first-order valence-electron chi connectivity index (χ1n) is 11.4. The van der Waals surface area contributed by atoms with Crippen molar-refractivity contribution in [3.63, 3.8) is 0 Å². The van der Waals surface area contributed by atoms with E-state index in [0.717, 1.165) is 22.4 Å². The monoisotopic (exact) mass is 500 g/mol. The van der Waals surface area contributed by atoms with Crippen LogP contribution in [0.3, 0.4) is 0 Å². The Morgan fingerprint density at radius 3 is 2.24 bits per heavy atom. The number of nitriles is 1. The molecular weight excluding hydrogens is 472 g/mol. The van der Waals surface area contributed by atoms with Crippen molar-refractivity contribution < 1.29 is 23.8 Å². The molecule has 0 radical (unpaired) electrons. The number of aryl methyl sites for hydroxylation is 3. The normalized spacial score (nSPS) is 10.5. The van der Waals surface area contributed by atoms with Gasteiger partial charge in [-0.25, -0.2) is 5.43 Å². The molecule has 0 heterocycles. The molecule has 0 unspecified atom stereocenters. The van der Waals surface area contributed by atoms with Crippen LogP contribution in [0, 0.1) is 32.1 Å². The maximum atomic E-state index is 12.5. The number of hydrogen-bond donors (Lipinski definition) is 2. The van der Waals surface area contributed by atoms with Crippen LogP contribution in [-0.2, 0) is 9.59 Å². The predicted octanol–water partition coefficient (Wildman–Crippen LogP) is 4.04. The van der Waals surface area contributed by atoms with Crippen LogP contribution >= 0.6 is 0 Å². The Hall–Kier alpha value is -4.84. The summed E-state index contributed by atoms with van der Waals surface area (Å²) in [6, 6.07) is 17.5. The Morgan fingerprint density at radius 2 is 1.59 bits per heavy atom. The molecule has 0 aromatic heterocycles. The second kappa shape index (κ2) is 12.7. The molecule has 9 nitrogen and oxygen atoms in total. The quantitative estimate of drug-likeness (QED) is 0.320. The average molecular weight is 501 g/mol. The summed E-state index contributed by atoms with van der Waals surface area (Å²) in [6.07, 6.45) is 1.45. The Balaban J connectivity index is 1.51. The molecule has 0 saturated carbocycles. The van der Waals surface area contributed by atoms with Crippen molar-refractivity contribution in [3.05, 3.63) is 82.4 Å². The zero-order valence-corrected chi connectivity index (χ0v) is 21.1. The maximum absolute atomic E-state index is 12.5. The molecule has 2 N–H and O–H groups in total. The number of hydrogen-bond acceptors (Lipinski definition) is 7. The molecule has 3 aromatic carbocycles. The first kappa shape index (κ1) is 26.8. The van der Waals surface area contributed by atoms with Crippen LogP contribution in [0.25, 0.3) is 0 Å². The highest BCUT2D eigenvalue weighted by molar-refractivity contribution is 5.93. The van der Waals surface area contributed by atoms with E-state index in [0.29, 0.717) is 28.4 Å². The number of rotatable bonds is 10. The zero-order chi connectivity index (χ0) is 26.8. The fourth-order valence-corrected chi connectivity index (χ4v) is 3.57. The van der Waals surface area contributed by atoms with Crippen LogP contribution in [0.4, 0.5) is 5.69 Å². The van der Waals surface area contributed by atoms with Gasteiger partial charge in [0, 0.05) is 5.69 Å². The molecule has 190 valence electrons. The van der Waals surface area contributed by atoms with Crippen molar-refractivity contribution >= 4 is 23.7 Å². The third-order valence-electron chi connectivity index (χ3n) is 5.24. The topological polar surface area (TPSA) is 122 Å². The predicted molar refractivity (Wildman–Crippen MR) is 140 cm³/mol. The van der Waals surface area contributed by atoms with E-state index in [4.69, 9.17) is 19.5 Å². The van der Waals surface area contributed by atoms with Gasteiger partial charge in [-0.05, 0) is 79.9 Å². The van der Waals surface area contributed by atoms with Crippen molar-refractivity contribution in [2.75, 3.05) is 25.6 Å².